The van der Waals surface area contributed by atoms with Crippen LogP contribution in [-0.4, -0.2) is 9.78 Å². The van der Waals surface area contributed by atoms with Crippen LogP contribution < -0.4 is 5.32 Å². The number of nitrogens with zero attached hydrogens (tertiary/aromatic N) is 2. The Hall–Kier alpha value is -2.69. The maximum absolute atomic E-state index is 13.5. The first-order valence-electron chi connectivity index (χ1n) is 6.51. The largest absolute Gasteiger partial charge is 0.379 e. The highest BCUT2D eigenvalue weighted by Gasteiger charge is 2.06. The van der Waals surface area contributed by atoms with E-state index in [1.54, 1.807) is 10.9 Å². The Morgan fingerprint density at radius 2 is 1.81 bits per heavy atom. The Labute approximate surface area is 120 Å². The van der Waals surface area contributed by atoms with Gasteiger partial charge in [0.1, 0.15) is 0 Å². The molecule has 1 N–H and O–H groups in total. The second-order valence-corrected chi connectivity index (χ2v) is 4.57. The van der Waals surface area contributed by atoms with Gasteiger partial charge in [-0.15, -0.1) is 0 Å². The Morgan fingerprint density at radius 3 is 2.52 bits per heavy atom. The number of hydrogen-bond acceptors (Lipinski definition) is 2. The van der Waals surface area contributed by atoms with Crippen LogP contribution in [0.2, 0.25) is 0 Å². The van der Waals surface area contributed by atoms with E-state index in [0.29, 0.717) is 6.54 Å². The molecule has 0 saturated carbocycles. The highest BCUT2D eigenvalue weighted by atomic mass is 19.2. The smallest absolute Gasteiger partial charge is 0.181 e. The van der Waals surface area contributed by atoms with Crippen LogP contribution in [0, 0.1) is 11.6 Å². The van der Waals surface area contributed by atoms with Crippen molar-refractivity contribution in [2.75, 3.05) is 5.32 Å². The lowest BCUT2D eigenvalue weighted by Crippen LogP contribution is -2.03. The van der Waals surface area contributed by atoms with E-state index in [4.69, 9.17) is 0 Å². The second kappa shape index (κ2) is 5.75. The summed E-state index contributed by atoms with van der Waals surface area (Å²) < 4.78 is 28.3. The van der Waals surface area contributed by atoms with Gasteiger partial charge in [-0.25, -0.2) is 13.5 Å². The predicted octanol–water partition coefficient (Wildman–Crippen LogP) is 3.76. The Balaban J connectivity index is 1.70. The van der Waals surface area contributed by atoms with E-state index in [0.717, 1.165) is 17.3 Å². The third kappa shape index (κ3) is 2.91. The van der Waals surface area contributed by atoms with Crippen molar-refractivity contribution in [3.8, 4) is 5.69 Å². The number of aromatic nitrogens is 2. The molecule has 2 aromatic carbocycles. The molecule has 3 rings (SSSR count). The number of rotatable bonds is 4. The minimum atomic E-state index is -0.856. The lowest BCUT2D eigenvalue weighted by molar-refractivity contribution is 0.511. The zero-order chi connectivity index (χ0) is 14.7. The molecule has 106 valence electrons. The van der Waals surface area contributed by atoms with Gasteiger partial charge in [0.25, 0.3) is 0 Å². The second-order valence-electron chi connectivity index (χ2n) is 4.57. The number of halogens is 2. The van der Waals surface area contributed by atoms with Gasteiger partial charge in [-0.2, -0.15) is 5.10 Å². The first-order chi connectivity index (χ1) is 10.2. The monoisotopic (exact) mass is 285 g/mol. The Kier molecular flexibility index (Phi) is 3.64. The fraction of sp³-hybridized carbons (Fsp3) is 0.0625. The van der Waals surface area contributed by atoms with Crippen molar-refractivity contribution in [2.24, 2.45) is 0 Å². The molecule has 0 atom stereocenters. The van der Waals surface area contributed by atoms with Crippen molar-refractivity contribution in [3.05, 3.63) is 78.1 Å². The molecule has 3 nitrogen and oxygen atoms in total. The van der Waals surface area contributed by atoms with Crippen LogP contribution >= 0.6 is 0 Å². The summed E-state index contributed by atoms with van der Waals surface area (Å²) in [6.07, 6.45) is 3.57. The van der Waals surface area contributed by atoms with Gasteiger partial charge in [-0.05, 0) is 35.9 Å². The number of hydrogen-bond donors (Lipinski definition) is 1. The quantitative estimate of drug-likeness (QED) is 0.791. The SMILES string of the molecule is Fc1cccc(NCc2ccc(-n3cccn3)cc2)c1F. The van der Waals surface area contributed by atoms with E-state index in [1.165, 1.54) is 12.1 Å². The summed E-state index contributed by atoms with van der Waals surface area (Å²) in [7, 11) is 0. The minimum absolute atomic E-state index is 0.158. The first kappa shape index (κ1) is 13.3. The van der Waals surface area contributed by atoms with Crippen LogP contribution in [0.3, 0.4) is 0 Å². The fourth-order valence-corrected chi connectivity index (χ4v) is 2.03. The molecule has 1 aromatic heterocycles. The molecule has 0 unspecified atom stereocenters. The summed E-state index contributed by atoms with van der Waals surface area (Å²) >= 11 is 0. The van der Waals surface area contributed by atoms with Crippen molar-refractivity contribution in [1.82, 2.24) is 9.78 Å². The third-order valence-corrected chi connectivity index (χ3v) is 3.14. The lowest BCUT2D eigenvalue weighted by Gasteiger charge is -2.09. The van der Waals surface area contributed by atoms with E-state index < -0.39 is 11.6 Å². The molecule has 5 heteroatoms. The highest BCUT2D eigenvalue weighted by Crippen LogP contribution is 2.18. The summed E-state index contributed by atoms with van der Waals surface area (Å²) in [4.78, 5) is 0. The third-order valence-electron chi connectivity index (χ3n) is 3.14. The molecule has 1 heterocycles. The van der Waals surface area contributed by atoms with Crippen molar-refractivity contribution in [1.29, 1.82) is 0 Å². The summed E-state index contributed by atoms with van der Waals surface area (Å²) in [6, 6.07) is 13.6. The van der Waals surface area contributed by atoms with E-state index in [1.807, 2.05) is 36.5 Å². The molecular weight excluding hydrogens is 272 g/mol. The van der Waals surface area contributed by atoms with Crippen molar-refractivity contribution in [2.45, 2.75) is 6.54 Å². The van der Waals surface area contributed by atoms with E-state index in [2.05, 4.69) is 10.4 Å². The van der Waals surface area contributed by atoms with Gasteiger partial charge in [0.15, 0.2) is 11.6 Å². The molecule has 0 amide bonds. The first-order valence-corrected chi connectivity index (χ1v) is 6.51. The number of anilines is 1. The zero-order valence-corrected chi connectivity index (χ0v) is 11.1. The van der Waals surface area contributed by atoms with Gasteiger partial charge in [-0.1, -0.05) is 18.2 Å². The highest BCUT2D eigenvalue weighted by molar-refractivity contribution is 5.46. The predicted molar refractivity (Wildman–Crippen MR) is 77.2 cm³/mol. The summed E-state index contributed by atoms with van der Waals surface area (Å²) in [6.45, 7) is 0.416. The van der Waals surface area contributed by atoms with Crippen LogP contribution in [0.1, 0.15) is 5.56 Å². The molecule has 0 spiro atoms. The average Bonchev–Trinajstić information content (AvgIpc) is 3.04. The summed E-state index contributed by atoms with van der Waals surface area (Å²) in [5, 5.41) is 7.03. The molecule has 0 fully saturated rings. The minimum Gasteiger partial charge on any atom is -0.379 e. The molecule has 21 heavy (non-hydrogen) atoms. The van der Waals surface area contributed by atoms with Gasteiger partial charge < -0.3 is 5.32 Å². The van der Waals surface area contributed by atoms with Crippen molar-refractivity contribution >= 4 is 5.69 Å². The molecule has 0 aliphatic carbocycles. The van der Waals surface area contributed by atoms with Crippen LogP contribution in [0.5, 0.6) is 0 Å². The van der Waals surface area contributed by atoms with Crippen LogP contribution in [0.25, 0.3) is 5.69 Å². The molecule has 3 aromatic rings. The van der Waals surface area contributed by atoms with E-state index >= 15 is 0 Å². The molecule has 0 aliphatic heterocycles. The summed E-state index contributed by atoms with van der Waals surface area (Å²) in [5.74, 6) is -1.71. The normalized spacial score (nSPS) is 10.6. The maximum Gasteiger partial charge on any atom is 0.181 e. The van der Waals surface area contributed by atoms with Crippen LogP contribution in [0.15, 0.2) is 60.9 Å². The van der Waals surface area contributed by atoms with Gasteiger partial charge in [0.2, 0.25) is 0 Å². The maximum atomic E-state index is 13.5. The zero-order valence-electron chi connectivity index (χ0n) is 11.1. The van der Waals surface area contributed by atoms with Gasteiger partial charge in [-0.3, -0.25) is 0 Å². The Morgan fingerprint density at radius 1 is 1.00 bits per heavy atom. The average molecular weight is 285 g/mol. The molecule has 0 bridgehead atoms. The van der Waals surface area contributed by atoms with E-state index in [9.17, 15) is 8.78 Å². The molecule has 0 aliphatic rings. The van der Waals surface area contributed by atoms with Crippen LogP contribution in [-0.2, 0) is 6.54 Å². The van der Waals surface area contributed by atoms with Gasteiger partial charge in [0.05, 0.1) is 11.4 Å². The molecule has 0 saturated heterocycles. The lowest BCUT2D eigenvalue weighted by atomic mass is 10.2. The fourth-order valence-electron chi connectivity index (χ4n) is 2.03. The van der Waals surface area contributed by atoms with Crippen molar-refractivity contribution < 1.29 is 8.78 Å². The van der Waals surface area contributed by atoms with Crippen LogP contribution in [0.4, 0.5) is 14.5 Å². The molecular formula is C16H13F2N3. The molecule has 0 radical (unpaired) electrons. The number of benzene rings is 2. The van der Waals surface area contributed by atoms with E-state index in [-0.39, 0.29) is 5.69 Å². The standard InChI is InChI=1S/C16H13F2N3/c17-14-3-1-4-15(16(14)18)19-11-12-5-7-13(8-6-12)21-10-2-9-20-21/h1-10,19H,11H2. The van der Waals surface area contributed by atoms with Gasteiger partial charge in [0, 0.05) is 18.9 Å². The van der Waals surface area contributed by atoms with Crippen molar-refractivity contribution in [3.63, 3.8) is 0 Å². The summed E-state index contributed by atoms with van der Waals surface area (Å²) in [5.41, 5.74) is 2.07. The topological polar surface area (TPSA) is 29.9 Å². The van der Waals surface area contributed by atoms with Gasteiger partial charge >= 0.3 is 0 Å². The Bertz CT molecular complexity index is 722. The number of nitrogens with one attached hydrogen (secondary N) is 1.